The van der Waals surface area contributed by atoms with Crippen LogP contribution in [0.2, 0.25) is 10.0 Å². The molecule has 0 bridgehead atoms. The fourth-order valence-electron chi connectivity index (χ4n) is 2.48. The molecule has 3 rings (SSSR count). The van der Waals surface area contributed by atoms with Gasteiger partial charge >= 0.3 is 0 Å². The van der Waals surface area contributed by atoms with Crippen LogP contribution in [0.25, 0.3) is 6.08 Å². The van der Waals surface area contributed by atoms with E-state index in [0.717, 1.165) is 22.4 Å². The van der Waals surface area contributed by atoms with Crippen LogP contribution in [0.4, 0.5) is 5.69 Å². The molecule has 0 spiro atoms. The van der Waals surface area contributed by atoms with Gasteiger partial charge in [0.1, 0.15) is 12.4 Å². The number of ether oxygens (including phenoxy) is 1. The molecule has 0 saturated heterocycles. The summed E-state index contributed by atoms with van der Waals surface area (Å²) in [6, 6.07) is 20.5. The molecule has 0 aliphatic heterocycles. The van der Waals surface area contributed by atoms with Crippen LogP contribution in [0.3, 0.4) is 0 Å². The van der Waals surface area contributed by atoms with E-state index in [4.69, 9.17) is 27.9 Å². The van der Waals surface area contributed by atoms with E-state index >= 15 is 0 Å². The Balaban J connectivity index is 1.59. The van der Waals surface area contributed by atoms with Crippen molar-refractivity contribution in [2.45, 2.75) is 13.5 Å². The number of nitrogens with one attached hydrogen (secondary N) is 1. The largest absolute Gasteiger partial charge is 0.489 e. The molecule has 0 heterocycles. The van der Waals surface area contributed by atoms with Crippen molar-refractivity contribution < 1.29 is 9.53 Å². The lowest BCUT2D eigenvalue weighted by atomic mass is 10.2. The van der Waals surface area contributed by atoms with Crippen molar-refractivity contribution in [1.82, 2.24) is 0 Å². The molecule has 0 aliphatic rings. The van der Waals surface area contributed by atoms with Gasteiger partial charge in [0.05, 0.1) is 0 Å². The molecule has 0 fully saturated rings. The minimum absolute atomic E-state index is 0.229. The number of amides is 1. The molecule has 1 amide bonds. The van der Waals surface area contributed by atoms with Crippen LogP contribution in [0.1, 0.15) is 16.7 Å². The molecule has 3 nitrogen and oxygen atoms in total. The van der Waals surface area contributed by atoms with Gasteiger partial charge in [-0.25, -0.2) is 0 Å². The molecule has 5 heteroatoms. The van der Waals surface area contributed by atoms with Crippen molar-refractivity contribution in [2.75, 3.05) is 5.32 Å². The van der Waals surface area contributed by atoms with E-state index in [1.54, 1.807) is 12.1 Å². The van der Waals surface area contributed by atoms with Gasteiger partial charge in [-0.1, -0.05) is 53.5 Å². The average Bonchev–Trinajstić information content (AvgIpc) is 2.69. The minimum Gasteiger partial charge on any atom is -0.489 e. The number of carbonyl (C=O) groups excluding carboxylic acids is 1. The normalized spacial score (nSPS) is 10.8. The third-order valence-corrected chi connectivity index (χ3v) is 4.70. The summed E-state index contributed by atoms with van der Waals surface area (Å²) in [5.41, 5.74) is 3.52. The Morgan fingerprint density at radius 2 is 1.82 bits per heavy atom. The van der Waals surface area contributed by atoms with E-state index < -0.39 is 0 Å². The molecule has 0 atom stereocenters. The molecule has 0 aromatic heterocycles. The second-order valence-electron chi connectivity index (χ2n) is 6.27. The number of benzene rings is 3. The average molecular weight is 412 g/mol. The van der Waals surface area contributed by atoms with Gasteiger partial charge in [-0.2, -0.15) is 0 Å². The first-order chi connectivity index (χ1) is 13.5. The first kappa shape index (κ1) is 20.0. The first-order valence-electron chi connectivity index (χ1n) is 8.72. The molecular formula is C23H19Cl2NO2. The smallest absolute Gasteiger partial charge is 0.248 e. The Morgan fingerprint density at radius 1 is 1.04 bits per heavy atom. The van der Waals surface area contributed by atoms with Crippen molar-refractivity contribution >= 4 is 40.9 Å². The number of halogens is 2. The van der Waals surface area contributed by atoms with Gasteiger partial charge in [-0.3, -0.25) is 4.79 Å². The Hall–Kier alpha value is -2.75. The topological polar surface area (TPSA) is 38.3 Å². The predicted octanol–water partition coefficient (Wildman–Crippen LogP) is 6.53. The highest BCUT2D eigenvalue weighted by Gasteiger charge is 2.02. The van der Waals surface area contributed by atoms with Gasteiger partial charge in [0.2, 0.25) is 5.91 Å². The summed E-state index contributed by atoms with van der Waals surface area (Å²) in [6.45, 7) is 2.36. The lowest BCUT2D eigenvalue weighted by Gasteiger charge is -2.07. The molecule has 3 aromatic rings. The molecule has 142 valence electrons. The lowest BCUT2D eigenvalue weighted by molar-refractivity contribution is -0.111. The van der Waals surface area contributed by atoms with Crippen LogP contribution in [-0.2, 0) is 11.4 Å². The maximum Gasteiger partial charge on any atom is 0.248 e. The van der Waals surface area contributed by atoms with Crippen LogP contribution >= 0.6 is 23.2 Å². The molecule has 1 N–H and O–H groups in total. The second kappa shape index (κ2) is 9.45. The number of hydrogen-bond donors (Lipinski definition) is 1. The minimum atomic E-state index is -0.229. The quantitative estimate of drug-likeness (QED) is 0.468. The molecule has 3 aromatic carbocycles. The van der Waals surface area contributed by atoms with Crippen LogP contribution in [-0.4, -0.2) is 5.91 Å². The number of rotatable bonds is 6. The van der Waals surface area contributed by atoms with E-state index in [2.05, 4.69) is 5.32 Å². The number of hydrogen-bond acceptors (Lipinski definition) is 2. The number of aryl methyl sites for hydroxylation is 1. The zero-order valence-corrected chi connectivity index (χ0v) is 16.8. The lowest BCUT2D eigenvalue weighted by Crippen LogP contribution is -2.07. The summed E-state index contributed by atoms with van der Waals surface area (Å²) in [5.74, 6) is 0.496. The number of anilines is 1. The first-order valence-corrected chi connectivity index (χ1v) is 9.48. The molecular weight excluding hydrogens is 393 g/mol. The second-order valence-corrected chi connectivity index (χ2v) is 7.12. The van der Waals surface area contributed by atoms with Gasteiger partial charge in [0.15, 0.2) is 0 Å². The van der Waals surface area contributed by atoms with Gasteiger partial charge < -0.3 is 10.1 Å². The van der Waals surface area contributed by atoms with Crippen LogP contribution in [0.15, 0.2) is 72.8 Å². The van der Waals surface area contributed by atoms with Gasteiger partial charge in [-0.05, 0) is 66.1 Å². The summed E-state index contributed by atoms with van der Waals surface area (Å²) in [5, 5.41) is 4.11. The summed E-state index contributed by atoms with van der Waals surface area (Å²) in [6.07, 6.45) is 3.21. The highest BCUT2D eigenvalue weighted by atomic mass is 35.5. The summed E-state index contributed by atoms with van der Waals surface area (Å²) < 4.78 is 5.81. The van der Waals surface area contributed by atoms with Crippen molar-refractivity contribution in [3.05, 3.63) is 99.5 Å². The fourth-order valence-corrected chi connectivity index (χ4v) is 2.79. The third-order valence-electron chi connectivity index (χ3n) is 4.04. The van der Waals surface area contributed by atoms with Crippen LogP contribution in [0, 0.1) is 6.92 Å². The highest BCUT2D eigenvalue weighted by Crippen LogP contribution is 2.20. The molecule has 0 saturated carbocycles. The van der Waals surface area contributed by atoms with Gasteiger partial charge in [0, 0.05) is 21.8 Å². The molecule has 0 unspecified atom stereocenters. The van der Waals surface area contributed by atoms with Crippen molar-refractivity contribution in [3.8, 4) is 5.75 Å². The van der Waals surface area contributed by atoms with Gasteiger partial charge in [-0.15, -0.1) is 0 Å². The molecule has 28 heavy (non-hydrogen) atoms. The van der Waals surface area contributed by atoms with Crippen molar-refractivity contribution in [3.63, 3.8) is 0 Å². The molecule has 0 aliphatic carbocycles. The zero-order valence-electron chi connectivity index (χ0n) is 15.3. The Bertz CT molecular complexity index is 998. The Kier molecular flexibility index (Phi) is 6.75. The summed E-state index contributed by atoms with van der Waals surface area (Å²) in [7, 11) is 0. The van der Waals surface area contributed by atoms with E-state index in [1.807, 2.05) is 67.6 Å². The molecule has 0 radical (unpaired) electrons. The van der Waals surface area contributed by atoms with E-state index in [9.17, 15) is 4.79 Å². The third kappa shape index (κ3) is 5.88. The van der Waals surface area contributed by atoms with Crippen molar-refractivity contribution in [2.24, 2.45) is 0 Å². The standard InChI is InChI=1S/C23H19Cl2NO2/c1-16-5-11-20(14-22(16)25)26-23(27)12-8-17-3-2-4-21(13-17)28-15-18-6-9-19(24)10-7-18/h2-14H,15H2,1H3,(H,26,27)/b12-8+. The van der Waals surface area contributed by atoms with Crippen LogP contribution < -0.4 is 10.1 Å². The maximum atomic E-state index is 12.1. The highest BCUT2D eigenvalue weighted by molar-refractivity contribution is 6.31. The van der Waals surface area contributed by atoms with Gasteiger partial charge in [0.25, 0.3) is 0 Å². The zero-order chi connectivity index (χ0) is 19.9. The van der Waals surface area contributed by atoms with Crippen LogP contribution in [0.5, 0.6) is 5.75 Å². The van der Waals surface area contributed by atoms with Crippen molar-refractivity contribution in [1.29, 1.82) is 0 Å². The monoisotopic (exact) mass is 411 g/mol. The maximum absolute atomic E-state index is 12.1. The van der Waals surface area contributed by atoms with E-state index in [-0.39, 0.29) is 5.91 Å². The summed E-state index contributed by atoms with van der Waals surface area (Å²) >= 11 is 12.0. The Morgan fingerprint density at radius 3 is 2.57 bits per heavy atom. The Labute approximate surface area is 174 Å². The van der Waals surface area contributed by atoms with E-state index in [0.29, 0.717) is 22.3 Å². The van der Waals surface area contributed by atoms with E-state index in [1.165, 1.54) is 6.08 Å². The summed E-state index contributed by atoms with van der Waals surface area (Å²) in [4.78, 5) is 12.1. The predicted molar refractivity (Wildman–Crippen MR) is 116 cm³/mol. The SMILES string of the molecule is Cc1ccc(NC(=O)/C=C/c2cccc(OCc3ccc(Cl)cc3)c2)cc1Cl. The number of carbonyl (C=O) groups is 1. The fraction of sp³-hybridized carbons (Fsp3) is 0.0870.